The van der Waals surface area contributed by atoms with Crippen molar-refractivity contribution >= 4 is 62.4 Å². The molecule has 1 aliphatic rings. The van der Waals surface area contributed by atoms with Crippen molar-refractivity contribution in [2.75, 3.05) is 30.3 Å². The largest absolute Gasteiger partial charge is 0.365 e. The van der Waals surface area contributed by atoms with Gasteiger partial charge in [-0.15, -0.1) is 11.3 Å². The van der Waals surface area contributed by atoms with Crippen molar-refractivity contribution in [3.8, 4) is 0 Å². The van der Waals surface area contributed by atoms with Crippen molar-refractivity contribution in [1.82, 2.24) is 15.2 Å². The molecular formula is C30H31ClN6O3S. The Morgan fingerprint density at radius 3 is 2.66 bits per heavy atom. The van der Waals surface area contributed by atoms with Crippen LogP contribution in [-0.4, -0.2) is 47.4 Å². The first-order valence-electron chi connectivity index (χ1n) is 13.5. The lowest BCUT2D eigenvalue weighted by atomic mass is 10.0. The number of hydrogen-bond acceptors (Lipinski definition) is 6. The van der Waals surface area contributed by atoms with Crippen LogP contribution in [0.5, 0.6) is 0 Å². The Kier molecular flexibility index (Phi) is 9.13. The zero-order chi connectivity index (χ0) is 28.8. The third kappa shape index (κ3) is 7.21. The number of anilines is 2. The Morgan fingerprint density at radius 2 is 1.85 bits per heavy atom. The highest BCUT2D eigenvalue weighted by molar-refractivity contribution is 7.17. The molecule has 1 aliphatic heterocycles. The Morgan fingerprint density at radius 1 is 1.05 bits per heavy atom. The van der Waals surface area contributed by atoms with Crippen LogP contribution in [0.1, 0.15) is 39.2 Å². The highest BCUT2D eigenvalue weighted by Gasteiger charge is 2.27. The van der Waals surface area contributed by atoms with E-state index >= 15 is 0 Å². The molecule has 11 heteroatoms. The van der Waals surface area contributed by atoms with Crippen LogP contribution in [0, 0.1) is 0 Å². The summed E-state index contributed by atoms with van der Waals surface area (Å²) in [5.74, 6) is -0.532. The van der Waals surface area contributed by atoms with Crippen LogP contribution < -0.4 is 21.7 Å². The molecule has 0 spiro atoms. The van der Waals surface area contributed by atoms with Crippen LogP contribution in [0.15, 0.2) is 60.8 Å². The Labute approximate surface area is 247 Å². The van der Waals surface area contributed by atoms with Crippen molar-refractivity contribution in [2.45, 2.75) is 32.2 Å². The minimum atomic E-state index is -0.556. The number of hydrogen-bond donors (Lipinski definition) is 4. The zero-order valence-corrected chi connectivity index (χ0v) is 24.0. The van der Waals surface area contributed by atoms with E-state index in [2.05, 4.69) is 25.8 Å². The van der Waals surface area contributed by atoms with E-state index in [0.717, 1.165) is 46.4 Å². The number of halogens is 1. The van der Waals surface area contributed by atoms with Crippen LogP contribution >= 0.6 is 22.9 Å². The Hall–Kier alpha value is -3.99. The van der Waals surface area contributed by atoms with Crippen molar-refractivity contribution in [1.29, 1.82) is 0 Å². The Balaban J connectivity index is 1.09. The first-order chi connectivity index (χ1) is 19.9. The maximum absolute atomic E-state index is 12.6. The summed E-state index contributed by atoms with van der Waals surface area (Å²) in [6, 6.07) is 16.3. The summed E-state index contributed by atoms with van der Waals surface area (Å²) in [5.41, 5.74) is 9.58. The van der Waals surface area contributed by atoms with Gasteiger partial charge in [-0.25, -0.2) is 4.79 Å². The fourth-order valence-electron chi connectivity index (χ4n) is 5.03. The lowest BCUT2D eigenvalue weighted by Gasteiger charge is -2.27. The summed E-state index contributed by atoms with van der Waals surface area (Å²) in [4.78, 5) is 45.1. The second kappa shape index (κ2) is 13.1. The number of nitrogens with one attached hydrogen (secondary N) is 3. The second-order valence-electron chi connectivity index (χ2n) is 9.88. The monoisotopic (exact) mass is 590 g/mol. The van der Waals surface area contributed by atoms with E-state index in [9.17, 15) is 14.4 Å². The van der Waals surface area contributed by atoms with E-state index < -0.39 is 11.9 Å². The summed E-state index contributed by atoms with van der Waals surface area (Å²) >= 11 is 7.28. The number of rotatable bonds is 10. The first kappa shape index (κ1) is 28.5. The minimum Gasteiger partial charge on any atom is -0.365 e. The molecular weight excluding hydrogens is 560 g/mol. The summed E-state index contributed by atoms with van der Waals surface area (Å²) in [6.45, 7) is 2.81. The number of primary amides is 1. The van der Waals surface area contributed by atoms with Gasteiger partial charge in [0, 0.05) is 59.8 Å². The fraction of sp³-hybridized carbons (Fsp3) is 0.267. The van der Waals surface area contributed by atoms with Gasteiger partial charge in [-0.05, 0) is 60.7 Å². The van der Waals surface area contributed by atoms with Crippen LogP contribution in [-0.2, 0) is 24.2 Å². The summed E-state index contributed by atoms with van der Waals surface area (Å²) in [7, 11) is 0. The fourth-order valence-corrected chi connectivity index (χ4v) is 6.45. The standard InChI is InChI=1S/C30H31ClN6O3S/c31-21-8-10-22(11-9-21)35-30(40)36-29-26(28(32)39)23-13-17-37(18-24(23)41-29)16-3-15-33-25(38)12-7-20-5-1-4-19-6-2-14-34-27(19)20/h1-2,4-6,8-11,14H,3,7,12-13,15-18H2,(H2,32,39)(H,33,38)(H2,35,36,40). The normalized spacial score (nSPS) is 13.0. The van der Waals surface area contributed by atoms with Gasteiger partial charge in [-0.2, -0.15) is 0 Å². The van der Waals surface area contributed by atoms with Crippen molar-refractivity contribution in [2.24, 2.45) is 5.73 Å². The van der Waals surface area contributed by atoms with Crippen LogP contribution in [0.3, 0.4) is 0 Å². The van der Waals surface area contributed by atoms with E-state index in [0.29, 0.717) is 53.6 Å². The van der Waals surface area contributed by atoms with Gasteiger partial charge in [0.2, 0.25) is 5.91 Å². The smallest absolute Gasteiger partial charge is 0.324 e. The molecule has 212 valence electrons. The van der Waals surface area contributed by atoms with Gasteiger partial charge < -0.3 is 16.4 Å². The topological polar surface area (TPSA) is 129 Å². The van der Waals surface area contributed by atoms with Gasteiger partial charge in [0.1, 0.15) is 5.00 Å². The number of amides is 4. The van der Waals surface area contributed by atoms with E-state index in [1.807, 2.05) is 30.3 Å². The number of pyridine rings is 1. The van der Waals surface area contributed by atoms with Gasteiger partial charge in [0.25, 0.3) is 5.91 Å². The molecule has 4 aromatic rings. The molecule has 0 atom stereocenters. The minimum absolute atomic E-state index is 0.0239. The highest BCUT2D eigenvalue weighted by atomic mass is 35.5. The predicted octanol–water partition coefficient (Wildman–Crippen LogP) is 5.19. The summed E-state index contributed by atoms with van der Waals surface area (Å²) < 4.78 is 0. The lowest BCUT2D eigenvalue weighted by Crippen LogP contribution is -2.34. The van der Waals surface area contributed by atoms with E-state index in [1.165, 1.54) is 11.3 Å². The number of benzene rings is 2. The maximum atomic E-state index is 12.6. The number of thiophene rings is 1. The third-order valence-corrected chi connectivity index (χ3v) is 8.41. The number of nitrogens with two attached hydrogens (primary N) is 1. The third-order valence-electron chi connectivity index (χ3n) is 7.02. The van der Waals surface area contributed by atoms with Gasteiger partial charge in [-0.1, -0.05) is 35.9 Å². The summed E-state index contributed by atoms with van der Waals surface area (Å²) in [6.07, 6.45) is 4.30. The van der Waals surface area contributed by atoms with Crippen molar-refractivity contribution in [3.05, 3.63) is 87.4 Å². The molecule has 2 aromatic carbocycles. The van der Waals surface area contributed by atoms with Crippen molar-refractivity contribution < 1.29 is 14.4 Å². The molecule has 0 saturated carbocycles. The number of nitrogens with zero attached hydrogens (tertiary/aromatic N) is 2. The molecule has 5 N–H and O–H groups in total. The number of carbonyl (C=O) groups excluding carboxylic acids is 3. The number of fused-ring (bicyclic) bond motifs is 2. The van der Waals surface area contributed by atoms with E-state index in [4.69, 9.17) is 17.3 Å². The average Bonchev–Trinajstić information content (AvgIpc) is 3.32. The van der Waals surface area contributed by atoms with Gasteiger partial charge >= 0.3 is 6.03 Å². The molecule has 4 amide bonds. The van der Waals surface area contributed by atoms with Gasteiger partial charge in [-0.3, -0.25) is 24.8 Å². The molecule has 41 heavy (non-hydrogen) atoms. The SMILES string of the molecule is NC(=O)c1c(NC(=O)Nc2ccc(Cl)cc2)sc2c1CCN(CCCNC(=O)CCc1cccc3cccnc13)C2. The molecule has 0 fully saturated rings. The number of carbonyl (C=O) groups is 3. The first-order valence-corrected chi connectivity index (χ1v) is 14.7. The number of para-hydroxylation sites is 1. The second-order valence-corrected chi connectivity index (χ2v) is 11.4. The predicted molar refractivity (Wildman–Crippen MR) is 164 cm³/mol. The zero-order valence-electron chi connectivity index (χ0n) is 22.4. The summed E-state index contributed by atoms with van der Waals surface area (Å²) in [5, 5.41) is 10.7. The molecule has 2 aromatic heterocycles. The molecule has 5 rings (SSSR count). The lowest BCUT2D eigenvalue weighted by molar-refractivity contribution is -0.121. The molecule has 3 heterocycles. The van der Waals surface area contributed by atoms with Crippen LogP contribution in [0.25, 0.3) is 10.9 Å². The van der Waals surface area contributed by atoms with E-state index in [1.54, 1.807) is 30.5 Å². The Bertz CT molecular complexity index is 1570. The van der Waals surface area contributed by atoms with Gasteiger partial charge in [0.05, 0.1) is 11.1 Å². The molecule has 0 bridgehead atoms. The number of aromatic nitrogens is 1. The van der Waals surface area contributed by atoms with E-state index in [-0.39, 0.29) is 5.91 Å². The molecule has 0 unspecified atom stereocenters. The molecule has 0 saturated heterocycles. The average molecular weight is 591 g/mol. The molecule has 9 nitrogen and oxygen atoms in total. The molecule has 0 radical (unpaired) electrons. The van der Waals surface area contributed by atoms with Crippen molar-refractivity contribution in [3.63, 3.8) is 0 Å². The van der Waals surface area contributed by atoms with Crippen LogP contribution in [0.4, 0.5) is 15.5 Å². The number of aryl methyl sites for hydroxylation is 1. The number of urea groups is 1. The highest BCUT2D eigenvalue weighted by Crippen LogP contribution is 2.37. The van der Waals surface area contributed by atoms with Gasteiger partial charge in [0.15, 0.2) is 0 Å². The quantitative estimate of drug-likeness (QED) is 0.189. The maximum Gasteiger partial charge on any atom is 0.324 e. The molecule has 0 aliphatic carbocycles. The van der Waals surface area contributed by atoms with Crippen LogP contribution in [0.2, 0.25) is 5.02 Å².